The van der Waals surface area contributed by atoms with E-state index >= 15 is 0 Å². The molecule has 1 atom stereocenters. The van der Waals surface area contributed by atoms with Gasteiger partial charge in [-0.1, -0.05) is 59.6 Å². The van der Waals surface area contributed by atoms with Crippen LogP contribution in [0.1, 0.15) is 30.5 Å². The molecule has 0 saturated heterocycles. The largest absolute Gasteiger partial charge is 0.355 e. The monoisotopic (exact) mass is 541 g/mol. The van der Waals surface area contributed by atoms with Crippen LogP contribution in [0.25, 0.3) is 0 Å². The van der Waals surface area contributed by atoms with Crippen molar-refractivity contribution in [3.05, 3.63) is 94.5 Å². The van der Waals surface area contributed by atoms with Gasteiger partial charge in [-0.15, -0.1) is 0 Å². The summed E-state index contributed by atoms with van der Waals surface area (Å²) >= 11 is 6.19. The second-order valence-electron chi connectivity index (χ2n) is 8.82. The van der Waals surface area contributed by atoms with Crippen LogP contribution in [0, 0.1) is 13.8 Å². The van der Waals surface area contributed by atoms with E-state index < -0.39 is 28.5 Å². The second-order valence-corrected chi connectivity index (χ2v) is 11.1. The number of nitrogens with one attached hydrogen (secondary N) is 1. The van der Waals surface area contributed by atoms with Crippen molar-refractivity contribution in [1.29, 1.82) is 0 Å². The van der Waals surface area contributed by atoms with Crippen LogP contribution in [0.3, 0.4) is 0 Å². The third-order valence-corrected chi connectivity index (χ3v) is 8.13. The molecule has 0 fully saturated rings. The standard InChI is InChI=1S/C28H32ClN3O4S/c1-5-30-28(34)22(4)31(18-23-10-7-6-9-21(23)3)27(33)19-32(25-12-8-11-24(29)17-25)37(35,36)26-15-13-20(2)14-16-26/h6-17,22H,5,18-19H2,1-4H3,(H,30,34). The van der Waals surface area contributed by atoms with Gasteiger partial charge in [0, 0.05) is 18.1 Å². The molecule has 0 aliphatic carbocycles. The van der Waals surface area contributed by atoms with Gasteiger partial charge in [-0.3, -0.25) is 13.9 Å². The average Bonchev–Trinajstić information content (AvgIpc) is 2.86. The fraction of sp³-hybridized carbons (Fsp3) is 0.286. The van der Waals surface area contributed by atoms with Gasteiger partial charge < -0.3 is 10.2 Å². The van der Waals surface area contributed by atoms with E-state index in [9.17, 15) is 18.0 Å². The van der Waals surface area contributed by atoms with Crippen LogP contribution in [-0.2, 0) is 26.2 Å². The Morgan fingerprint density at radius 3 is 2.27 bits per heavy atom. The van der Waals surface area contributed by atoms with Gasteiger partial charge in [-0.05, 0) is 69.2 Å². The Morgan fingerprint density at radius 1 is 0.973 bits per heavy atom. The fourth-order valence-corrected chi connectivity index (χ4v) is 5.46. The first-order valence-corrected chi connectivity index (χ1v) is 13.8. The molecule has 0 aliphatic heterocycles. The molecule has 0 bridgehead atoms. The number of hydrogen-bond acceptors (Lipinski definition) is 4. The summed E-state index contributed by atoms with van der Waals surface area (Å²) in [5.74, 6) is -0.835. The lowest BCUT2D eigenvalue weighted by Crippen LogP contribution is -2.51. The number of sulfonamides is 1. The van der Waals surface area contributed by atoms with Crippen molar-refractivity contribution in [3.8, 4) is 0 Å². The number of hydrogen-bond donors (Lipinski definition) is 1. The average molecular weight is 542 g/mol. The van der Waals surface area contributed by atoms with Crippen molar-refractivity contribution in [1.82, 2.24) is 10.2 Å². The number of amides is 2. The van der Waals surface area contributed by atoms with Crippen LogP contribution < -0.4 is 9.62 Å². The molecule has 2 amide bonds. The number of aryl methyl sites for hydroxylation is 2. The summed E-state index contributed by atoms with van der Waals surface area (Å²) in [5, 5.41) is 3.09. The van der Waals surface area contributed by atoms with Gasteiger partial charge in [-0.2, -0.15) is 0 Å². The Bertz CT molecular complexity index is 1360. The minimum absolute atomic E-state index is 0.0492. The number of carbonyl (C=O) groups excluding carboxylic acids is 2. The van der Waals surface area contributed by atoms with E-state index in [2.05, 4.69) is 5.32 Å². The lowest BCUT2D eigenvalue weighted by atomic mass is 10.1. The van der Waals surface area contributed by atoms with Crippen molar-refractivity contribution in [3.63, 3.8) is 0 Å². The summed E-state index contributed by atoms with van der Waals surface area (Å²) in [4.78, 5) is 28.0. The molecule has 0 spiro atoms. The van der Waals surface area contributed by atoms with E-state index in [1.165, 1.54) is 23.1 Å². The summed E-state index contributed by atoms with van der Waals surface area (Å²) in [6.45, 7) is 7.28. The molecular formula is C28H32ClN3O4S. The molecule has 3 aromatic rings. The third-order valence-electron chi connectivity index (χ3n) is 6.10. The smallest absolute Gasteiger partial charge is 0.264 e. The number of rotatable bonds is 10. The van der Waals surface area contributed by atoms with Crippen LogP contribution in [0.4, 0.5) is 5.69 Å². The molecule has 3 rings (SSSR count). The molecule has 1 unspecified atom stereocenters. The highest BCUT2D eigenvalue weighted by Gasteiger charge is 2.32. The SMILES string of the molecule is CCNC(=O)C(C)N(Cc1ccccc1C)C(=O)CN(c1cccc(Cl)c1)S(=O)(=O)c1ccc(C)cc1. The third kappa shape index (κ3) is 6.90. The van der Waals surface area contributed by atoms with E-state index in [-0.39, 0.29) is 23.0 Å². The predicted octanol–water partition coefficient (Wildman–Crippen LogP) is 4.71. The molecular weight excluding hydrogens is 510 g/mol. The number of benzene rings is 3. The van der Waals surface area contributed by atoms with Crippen LogP contribution >= 0.6 is 11.6 Å². The Hall–Kier alpha value is -3.36. The van der Waals surface area contributed by atoms with Crippen molar-refractivity contribution in [2.24, 2.45) is 0 Å². The maximum absolute atomic E-state index is 13.8. The molecule has 0 radical (unpaired) electrons. The molecule has 9 heteroatoms. The van der Waals surface area contributed by atoms with Crippen molar-refractivity contribution >= 4 is 39.1 Å². The quantitative estimate of drug-likeness (QED) is 0.403. The number of likely N-dealkylation sites (N-methyl/N-ethyl adjacent to an activating group) is 1. The predicted molar refractivity (Wildman–Crippen MR) is 147 cm³/mol. The van der Waals surface area contributed by atoms with Gasteiger partial charge >= 0.3 is 0 Å². The number of nitrogens with zero attached hydrogens (tertiary/aromatic N) is 2. The first kappa shape index (κ1) is 28.2. The number of halogens is 1. The molecule has 0 heterocycles. The zero-order chi connectivity index (χ0) is 27.2. The Balaban J connectivity index is 2.04. The molecule has 0 aromatic heterocycles. The zero-order valence-electron chi connectivity index (χ0n) is 21.4. The van der Waals surface area contributed by atoms with Gasteiger partial charge in [0.15, 0.2) is 0 Å². The highest BCUT2D eigenvalue weighted by atomic mass is 35.5. The summed E-state index contributed by atoms with van der Waals surface area (Å²) < 4.78 is 28.6. The minimum atomic E-state index is -4.13. The van der Waals surface area contributed by atoms with Gasteiger partial charge in [0.1, 0.15) is 12.6 Å². The molecule has 3 aromatic carbocycles. The van der Waals surface area contributed by atoms with Gasteiger partial charge in [0.25, 0.3) is 10.0 Å². The van der Waals surface area contributed by atoms with E-state index in [1.54, 1.807) is 44.2 Å². The molecule has 1 N–H and O–H groups in total. The lowest BCUT2D eigenvalue weighted by Gasteiger charge is -2.32. The van der Waals surface area contributed by atoms with Gasteiger partial charge in [0.05, 0.1) is 10.6 Å². The summed E-state index contributed by atoms with van der Waals surface area (Å²) in [5.41, 5.74) is 2.98. The van der Waals surface area contributed by atoms with Crippen LogP contribution in [0.5, 0.6) is 0 Å². The zero-order valence-corrected chi connectivity index (χ0v) is 23.0. The van der Waals surface area contributed by atoms with E-state index in [0.29, 0.717) is 11.6 Å². The molecule has 0 aliphatic rings. The Kier molecular flexibility index (Phi) is 9.34. The summed E-state index contributed by atoms with van der Waals surface area (Å²) in [6, 6.07) is 19.5. The van der Waals surface area contributed by atoms with Gasteiger partial charge in [-0.25, -0.2) is 8.42 Å². The summed E-state index contributed by atoms with van der Waals surface area (Å²) in [6.07, 6.45) is 0. The molecule has 7 nitrogen and oxygen atoms in total. The Labute approximate surface area is 224 Å². The molecule has 196 valence electrons. The van der Waals surface area contributed by atoms with Gasteiger partial charge in [0.2, 0.25) is 11.8 Å². The highest BCUT2D eigenvalue weighted by Crippen LogP contribution is 2.27. The van der Waals surface area contributed by atoms with Crippen LogP contribution in [-0.4, -0.2) is 44.3 Å². The fourth-order valence-electron chi connectivity index (χ4n) is 3.87. The first-order chi connectivity index (χ1) is 17.5. The highest BCUT2D eigenvalue weighted by molar-refractivity contribution is 7.92. The lowest BCUT2D eigenvalue weighted by molar-refractivity contribution is -0.139. The van der Waals surface area contributed by atoms with Crippen LogP contribution in [0.2, 0.25) is 5.02 Å². The Morgan fingerprint density at radius 2 is 1.65 bits per heavy atom. The van der Waals surface area contributed by atoms with E-state index in [4.69, 9.17) is 11.6 Å². The van der Waals surface area contributed by atoms with Crippen molar-refractivity contribution < 1.29 is 18.0 Å². The maximum atomic E-state index is 13.8. The first-order valence-electron chi connectivity index (χ1n) is 12.0. The van der Waals surface area contributed by atoms with Crippen molar-refractivity contribution in [2.45, 2.75) is 45.2 Å². The van der Waals surface area contributed by atoms with E-state index in [1.807, 2.05) is 38.1 Å². The summed E-state index contributed by atoms with van der Waals surface area (Å²) in [7, 11) is -4.13. The molecule has 37 heavy (non-hydrogen) atoms. The minimum Gasteiger partial charge on any atom is -0.355 e. The van der Waals surface area contributed by atoms with Crippen LogP contribution in [0.15, 0.2) is 77.7 Å². The normalized spacial score (nSPS) is 12.0. The molecule has 0 saturated carbocycles. The van der Waals surface area contributed by atoms with E-state index in [0.717, 1.165) is 21.0 Å². The van der Waals surface area contributed by atoms with Crippen molar-refractivity contribution in [2.75, 3.05) is 17.4 Å². The number of anilines is 1. The second kappa shape index (κ2) is 12.3. The topological polar surface area (TPSA) is 86.8 Å². The maximum Gasteiger partial charge on any atom is 0.264 e. The number of carbonyl (C=O) groups is 2.